The molecule has 0 spiro atoms. The lowest BCUT2D eigenvalue weighted by Crippen LogP contribution is -2.46. The highest BCUT2D eigenvalue weighted by Crippen LogP contribution is 2.41. The van der Waals surface area contributed by atoms with Gasteiger partial charge < -0.3 is 15.5 Å². The number of sulfone groups is 1. The SMILES string of the molecule is CCN1CCN(c2sc(C#N)c(N)c2S(C)(=O)=O)CC1. The maximum atomic E-state index is 11.9. The van der Waals surface area contributed by atoms with Crippen molar-refractivity contribution in [3.8, 4) is 6.07 Å². The summed E-state index contributed by atoms with van der Waals surface area (Å²) in [5, 5.41) is 9.67. The number of nitrogens with two attached hydrogens (primary N) is 1. The Morgan fingerprint density at radius 1 is 1.35 bits per heavy atom. The number of piperazine rings is 1. The molecule has 1 aliphatic rings. The quantitative estimate of drug-likeness (QED) is 0.885. The summed E-state index contributed by atoms with van der Waals surface area (Å²) >= 11 is 1.17. The van der Waals surface area contributed by atoms with Crippen molar-refractivity contribution in [1.29, 1.82) is 5.26 Å². The second kappa shape index (κ2) is 5.60. The molecule has 1 saturated heterocycles. The van der Waals surface area contributed by atoms with E-state index in [0.717, 1.165) is 39.0 Å². The topological polar surface area (TPSA) is 90.4 Å². The smallest absolute Gasteiger partial charge is 0.180 e. The molecule has 1 fully saturated rings. The van der Waals surface area contributed by atoms with Gasteiger partial charge in [0.1, 0.15) is 20.8 Å². The Morgan fingerprint density at radius 2 is 1.95 bits per heavy atom. The minimum absolute atomic E-state index is 0.0907. The highest BCUT2D eigenvalue weighted by atomic mass is 32.2. The van der Waals surface area contributed by atoms with Crippen LogP contribution in [0.4, 0.5) is 10.7 Å². The molecule has 110 valence electrons. The van der Waals surface area contributed by atoms with Crippen molar-refractivity contribution >= 4 is 31.9 Å². The Balaban J connectivity index is 2.40. The fraction of sp³-hybridized carbons (Fsp3) is 0.583. The molecule has 20 heavy (non-hydrogen) atoms. The second-order valence-corrected chi connectivity index (χ2v) is 7.74. The Hall–Kier alpha value is -1.30. The molecule has 0 aliphatic carbocycles. The molecule has 0 amide bonds. The molecule has 0 saturated carbocycles. The number of thiophene rings is 1. The third-order valence-electron chi connectivity index (χ3n) is 3.46. The first-order valence-electron chi connectivity index (χ1n) is 6.38. The molecule has 2 heterocycles. The molecule has 0 bridgehead atoms. The zero-order chi connectivity index (χ0) is 14.9. The van der Waals surface area contributed by atoms with Crippen molar-refractivity contribution in [2.45, 2.75) is 11.8 Å². The fourth-order valence-electron chi connectivity index (χ4n) is 2.33. The lowest BCUT2D eigenvalue weighted by Gasteiger charge is -2.35. The number of hydrogen-bond donors (Lipinski definition) is 1. The van der Waals surface area contributed by atoms with Gasteiger partial charge in [0.05, 0.1) is 5.69 Å². The van der Waals surface area contributed by atoms with Crippen molar-refractivity contribution in [1.82, 2.24) is 4.90 Å². The van der Waals surface area contributed by atoms with E-state index < -0.39 is 9.84 Å². The fourth-order valence-corrected chi connectivity index (χ4v) is 4.89. The van der Waals surface area contributed by atoms with E-state index in [2.05, 4.69) is 11.8 Å². The zero-order valence-corrected chi connectivity index (χ0v) is 13.2. The summed E-state index contributed by atoms with van der Waals surface area (Å²) in [6.45, 7) is 6.37. The summed E-state index contributed by atoms with van der Waals surface area (Å²) in [6.07, 6.45) is 1.14. The Kier molecular flexibility index (Phi) is 4.22. The Bertz CT molecular complexity index is 637. The minimum Gasteiger partial charge on any atom is -0.396 e. The molecule has 6 nitrogen and oxygen atoms in total. The van der Waals surface area contributed by atoms with Crippen LogP contribution in [-0.2, 0) is 9.84 Å². The van der Waals surface area contributed by atoms with Gasteiger partial charge >= 0.3 is 0 Å². The van der Waals surface area contributed by atoms with Crippen LogP contribution in [0.5, 0.6) is 0 Å². The van der Waals surface area contributed by atoms with Crippen LogP contribution in [0.15, 0.2) is 4.90 Å². The summed E-state index contributed by atoms with van der Waals surface area (Å²) in [6, 6.07) is 1.98. The Labute approximate surface area is 123 Å². The van der Waals surface area contributed by atoms with Gasteiger partial charge in [-0.25, -0.2) is 8.42 Å². The maximum Gasteiger partial charge on any atom is 0.180 e. The van der Waals surface area contributed by atoms with Gasteiger partial charge in [-0.1, -0.05) is 6.92 Å². The van der Waals surface area contributed by atoms with Gasteiger partial charge in [0.15, 0.2) is 9.84 Å². The van der Waals surface area contributed by atoms with Gasteiger partial charge in [-0.05, 0) is 6.54 Å². The van der Waals surface area contributed by atoms with E-state index in [9.17, 15) is 8.42 Å². The average molecular weight is 314 g/mol. The number of nitrogen functional groups attached to an aromatic ring is 1. The summed E-state index contributed by atoms with van der Waals surface area (Å²) in [5.74, 6) is 0. The van der Waals surface area contributed by atoms with Gasteiger partial charge in [0, 0.05) is 32.4 Å². The largest absolute Gasteiger partial charge is 0.396 e. The normalized spacial score (nSPS) is 17.1. The zero-order valence-electron chi connectivity index (χ0n) is 11.6. The monoisotopic (exact) mass is 314 g/mol. The lowest BCUT2D eigenvalue weighted by molar-refractivity contribution is 0.271. The van der Waals surface area contributed by atoms with E-state index in [1.807, 2.05) is 11.0 Å². The number of anilines is 2. The summed E-state index contributed by atoms with van der Waals surface area (Å²) in [5.41, 5.74) is 5.92. The highest BCUT2D eigenvalue weighted by Gasteiger charge is 2.28. The van der Waals surface area contributed by atoms with Crippen molar-refractivity contribution in [2.75, 3.05) is 49.6 Å². The van der Waals surface area contributed by atoms with E-state index >= 15 is 0 Å². The third-order valence-corrected chi connectivity index (χ3v) is 5.92. The van der Waals surface area contributed by atoms with Gasteiger partial charge in [0.25, 0.3) is 0 Å². The van der Waals surface area contributed by atoms with E-state index in [-0.39, 0.29) is 15.5 Å². The molecular formula is C12H18N4O2S2. The van der Waals surface area contributed by atoms with E-state index in [1.165, 1.54) is 11.3 Å². The molecule has 0 radical (unpaired) electrons. The summed E-state index contributed by atoms with van der Waals surface area (Å²) in [7, 11) is -3.44. The molecule has 0 atom stereocenters. The summed E-state index contributed by atoms with van der Waals surface area (Å²) < 4.78 is 23.9. The van der Waals surface area contributed by atoms with Crippen LogP contribution >= 0.6 is 11.3 Å². The molecule has 1 aromatic heterocycles. The molecule has 0 unspecified atom stereocenters. The molecule has 8 heteroatoms. The number of nitrogens with zero attached hydrogens (tertiary/aromatic N) is 3. The predicted molar refractivity (Wildman–Crippen MR) is 80.9 cm³/mol. The van der Waals surface area contributed by atoms with Crippen LogP contribution in [0.2, 0.25) is 0 Å². The Morgan fingerprint density at radius 3 is 2.40 bits per heavy atom. The van der Waals surface area contributed by atoms with Crippen molar-refractivity contribution < 1.29 is 8.42 Å². The van der Waals surface area contributed by atoms with Crippen LogP contribution in [0.3, 0.4) is 0 Å². The number of likely N-dealkylation sites (N-methyl/N-ethyl adjacent to an activating group) is 1. The molecule has 2 rings (SSSR count). The second-order valence-electron chi connectivity index (χ2n) is 4.78. The van der Waals surface area contributed by atoms with Crippen LogP contribution in [-0.4, -0.2) is 52.3 Å². The minimum atomic E-state index is -3.44. The molecule has 1 aromatic rings. The summed E-state index contributed by atoms with van der Waals surface area (Å²) in [4.78, 5) is 4.71. The van der Waals surface area contributed by atoms with Crippen molar-refractivity contribution in [2.24, 2.45) is 0 Å². The third kappa shape index (κ3) is 2.75. The standard InChI is InChI=1S/C12H18N4O2S2/c1-3-15-4-6-16(7-5-15)12-11(20(2,17)18)10(14)9(8-13)19-12/h3-7,14H2,1-2H3. The average Bonchev–Trinajstić information content (AvgIpc) is 2.75. The predicted octanol–water partition coefficient (Wildman–Crippen LogP) is 0.747. The van der Waals surface area contributed by atoms with Crippen LogP contribution in [0.25, 0.3) is 0 Å². The van der Waals surface area contributed by atoms with Crippen LogP contribution < -0.4 is 10.6 Å². The maximum absolute atomic E-state index is 11.9. The highest BCUT2D eigenvalue weighted by molar-refractivity contribution is 7.91. The molecule has 2 N–H and O–H groups in total. The molecule has 1 aliphatic heterocycles. The molecule has 0 aromatic carbocycles. The van der Waals surface area contributed by atoms with Gasteiger partial charge in [0.2, 0.25) is 0 Å². The lowest BCUT2D eigenvalue weighted by atomic mass is 10.3. The molecular weight excluding hydrogens is 296 g/mol. The van der Waals surface area contributed by atoms with E-state index in [4.69, 9.17) is 11.0 Å². The van der Waals surface area contributed by atoms with Crippen LogP contribution in [0, 0.1) is 11.3 Å². The number of hydrogen-bond acceptors (Lipinski definition) is 7. The van der Waals surface area contributed by atoms with Gasteiger partial charge in [-0.3, -0.25) is 0 Å². The van der Waals surface area contributed by atoms with Crippen molar-refractivity contribution in [3.63, 3.8) is 0 Å². The van der Waals surface area contributed by atoms with E-state index in [1.54, 1.807) is 0 Å². The first-order valence-corrected chi connectivity index (χ1v) is 9.09. The first kappa shape index (κ1) is 15.1. The number of rotatable bonds is 3. The van der Waals surface area contributed by atoms with Crippen molar-refractivity contribution in [3.05, 3.63) is 4.88 Å². The van der Waals surface area contributed by atoms with Gasteiger partial charge in [-0.15, -0.1) is 11.3 Å². The first-order chi connectivity index (χ1) is 9.38. The van der Waals surface area contributed by atoms with Crippen LogP contribution in [0.1, 0.15) is 11.8 Å². The van der Waals surface area contributed by atoms with E-state index in [0.29, 0.717) is 5.00 Å². The van der Waals surface area contributed by atoms with Gasteiger partial charge in [-0.2, -0.15) is 5.26 Å². The number of nitriles is 1.